The van der Waals surface area contributed by atoms with Crippen LogP contribution in [0.4, 0.5) is 8.78 Å². The van der Waals surface area contributed by atoms with Crippen molar-refractivity contribution in [3.8, 4) is 11.8 Å². The molecule has 0 aliphatic rings. The number of nitriles is 1. The normalized spacial score (nSPS) is 13.0. The minimum Gasteiger partial charge on any atom is -0.490 e. The molecule has 0 spiro atoms. The summed E-state index contributed by atoms with van der Waals surface area (Å²) in [4.78, 5) is 12.0. The molecule has 0 aliphatic carbocycles. The number of hydrogen-bond donors (Lipinski definition) is 2. The number of benzene rings is 1. The molecule has 8 heteroatoms. The fourth-order valence-corrected chi connectivity index (χ4v) is 1.74. The van der Waals surface area contributed by atoms with E-state index in [0.29, 0.717) is 5.69 Å². The first-order valence-corrected chi connectivity index (χ1v) is 6.66. The van der Waals surface area contributed by atoms with Gasteiger partial charge in [0.2, 0.25) is 0 Å². The minimum absolute atomic E-state index is 0.0511. The van der Waals surface area contributed by atoms with Crippen LogP contribution in [0.1, 0.15) is 23.1 Å². The molecule has 6 nitrogen and oxygen atoms in total. The molecule has 2 aromatic rings. The van der Waals surface area contributed by atoms with Gasteiger partial charge in [0.15, 0.2) is 17.2 Å². The van der Waals surface area contributed by atoms with Gasteiger partial charge < -0.3 is 10.1 Å². The first kappa shape index (κ1) is 16.4. The number of nitrogens with zero attached hydrogens (tertiary/aromatic N) is 2. The Balaban J connectivity index is 2.04. The van der Waals surface area contributed by atoms with E-state index in [1.54, 1.807) is 6.92 Å². The van der Waals surface area contributed by atoms with E-state index in [9.17, 15) is 18.8 Å². The Morgan fingerprint density at radius 3 is 2.74 bits per heavy atom. The van der Waals surface area contributed by atoms with E-state index in [0.717, 1.165) is 12.1 Å². The molecule has 1 heterocycles. The lowest BCUT2D eigenvalue weighted by atomic mass is 10.1. The van der Waals surface area contributed by atoms with Crippen LogP contribution >= 0.6 is 0 Å². The molecule has 2 N–H and O–H groups in total. The molecule has 1 amide bonds. The van der Waals surface area contributed by atoms with Crippen LogP contribution in [-0.2, 0) is 0 Å². The largest absolute Gasteiger partial charge is 0.490 e. The van der Waals surface area contributed by atoms with Gasteiger partial charge in [0.05, 0.1) is 6.07 Å². The zero-order valence-electron chi connectivity index (χ0n) is 12.5. The Hall–Kier alpha value is -2.95. The number of aryl methyl sites for hydroxylation is 1. The van der Waals surface area contributed by atoms with Crippen LogP contribution in [0.5, 0.6) is 5.75 Å². The van der Waals surface area contributed by atoms with Gasteiger partial charge in [-0.05, 0) is 32.0 Å². The van der Waals surface area contributed by atoms with Gasteiger partial charge in [0.1, 0.15) is 18.1 Å². The third-order valence-corrected chi connectivity index (χ3v) is 2.99. The molecule has 0 saturated carbocycles. The van der Waals surface area contributed by atoms with Gasteiger partial charge in [-0.2, -0.15) is 10.4 Å². The summed E-state index contributed by atoms with van der Waals surface area (Å²) in [6.07, 6.45) is 0. The molecule has 0 aliphatic heterocycles. The van der Waals surface area contributed by atoms with Gasteiger partial charge in [-0.25, -0.2) is 8.78 Å². The average Bonchev–Trinajstić information content (AvgIpc) is 2.95. The number of amides is 1. The lowest BCUT2D eigenvalue weighted by molar-refractivity contribution is 0.0896. The van der Waals surface area contributed by atoms with Crippen LogP contribution in [0.15, 0.2) is 24.3 Å². The van der Waals surface area contributed by atoms with Crippen LogP contribution in [0, 0.1) is 29.9 Å². The molecule has 1 aromatic carbocycles. The third-order valence-electron chi connectivity index (χ3n) is 2.99. The predicted octanol–water partition coefficient (Wildman–Crippen LogP) is 2.09. The van der Waals surface area contributed by atoms with Crippen LogP contribution in [0.2, 0.25) is 0 Å². The molecule has 2 rings (SSSR count). The number of carbonyl (C=O) groups is 1. The standard InChI is InChI=1S/C15H14F2N4O2/c1-9-5-13(21-20-9)14(22)19-15(2,7-18)8-23-10-3-4-11(16)12(17)6-10/h3-6H,8H2,1-2H3,(H,19,22)(H,20,21)/t15-/m0/s1. The highest BCUT2D eigenvalue weighted by Crippen LogP contribution is 2.17. The van der Waals surface area contributed by atoms with Crippen LogP contribution in [0.3, 0.4) is 0 Å². The molecule has 120 valence electrons. The van der Waals surface area contributed by atoms with Gasteiger partial charge >= 0.3 is 0 Å². The lowest BCUT2D eigenvalue weighted by Gasteiger charge is -2.23. The van der Waals surface area contributed by atoms with Crippen molar-refractivity contribution in [1.29, 1.82) is 5.26 Å². The number of halogens is 2. The smallest absolute Gasteiger partial charge is 0.273 e. The number of hydrogen-bond acceptors (Lipinski definition) is 4. The quantitative estimate of drug-likeness (QED) is 0.882. The molecule has 0 fully saturated rings. The van der Waals surface area contributed by atoms with Crippen molar-refractivity contribution in [3.63, 3.8) is 0 Å². The van der Waals surface area contributed by atoms with E-state index in [1.807, 2.05) is 6.07 Å². The maximum Gasteiger partial charge on any atom is 0.273 e. The average molecular weight is 320 g/mol. The summed E-state index contributed by atoms with van der Waals surface area (Å²) < 4.78 is 31.2. The van der Waals surface area contributed by atoms with E-state index in [1.165, 1.54) is 19.1 Å². The van der Waals surface area contributed by atoms with Gasteiger partial charge in [0.25, 0.3) is 5.91 Å². The molecule has 1 atom stereocenters. The fraction of sp³-hybridized carbons (Fsp3) is 0.267. The van der Waals surface area contributed by atoms with E-state index in [2.05, 4.69) is 15.5 Å². The zero-order chi connectivity index (χ0) is 17.0. The SMILES string of the molecule is Cc1cc(C(=O)N[C@@](C)(C#N)COc2ccc(F)c(F)c2)n[nH]1. The molecule has 0 unspecified atom stereocenters. The Morgan fingerprint density at radius 1 is 1.43 bits per heavy atom. The number of rotatable bonds is 5. The molecular formula is C15H14F2N4O2. The molecule has 0 saturated heterocycles. The molecule has 1 aromatic heterocycles. The summed E-state index contributed by atoms with van der Waals surface area (Å²) in [6, 6.07) is 6.46. The summed E-state index contributed by atoms with van der Waals surface area (Å²) in [7, 11) is 0. The van der Waals surface area contributed by atoms with Crippen molar-refractivity contribution in [3.05, 3.63) is 47.3 Å². The van der Waals surface area contributed by atoms with Crippen molar-refractivity contribution in [2.75, 3.05) is 6.61 Å². The predicted molar refractivity (Wildman–Crippen MR) is 76.7 cm³/mol. The highest BCUT2D eigenvalue weighted by molar-refractivity contribution is 5.93. The van der Waals surface area contributed by atoms with Gasteiger partial charge in [-0.1, -0.05) is 0 Å². The second-order valence-electron chi connectivity index (χ2n) is 5.20. The highest BCUT2D eigenvalue weighted by Gasteiger charge is 2.28. The van der Waals surface area contributed by atoms with Crippen molar-refractivity contribution in [1.82, 2.24) is 15.5 Å². The zero-order valence-corrected chi connectivity index (χ0v) is 12.5. The second kappa shape index (κ2) is 6.44. The summed E-state index contributed by atoms with van der Waals surface area (Å²) >= 11 is 0. The van der Waals surface area contributed by atoms with Gasteiger partial charge in [-0.3, -0.25) is 9.89 Å². The van der Waals surface area contributed by atoms with Crippen molar-refractivity contribution in [2.24, 2.45) is 0 Å². The minimum atomic E-state index is -1.37. The molecule has 0 bridgehead atoms. The molecule has 23 heavy (non-hydrogen) atoms. The Bertz CT molecular complexity index is 769. The lowest BCUT2D eigenvalue weighted by Crippen LogP contribution is -2.49. The number of H-pyrrole nitrogens is 1. The van der Waals surface area contributed by atoms with E-state index >= 15 is 0 Å². The van der Waals surface area contributed by atoms with E-state index in [-0.39, 0.29) is 18.1 Å². The third kappa shape index (κ3) is 4.03. The first-order valence-electron chi connectivity index (χ1n) is 6.66. The fourth-order valence-electron chi connectivity index (χ4n) is 1.74. The molecular weight excluding hydrogens is 306 g/mol. The Morgan fingerprint density at radius 2 is 2.17 bits per heavy atom. The Labute approximate surface area is 131 Å². The van der Waals surface area contributed by atoms with E-state index in [4.69, 9.17) is 4.74 Å². The number of ether oxygens (including phenoxy) is 1. The van der Waals surface area contributed by atoms with Gasteiger partial charge in [-0.15, -0.1) is 0 Å². The van der Waals surface area contributed by atoms with Crippen LogP contribution in [-0.4, -0.2) is 28.3 Å². The molecule has 0 radical (unpaired) electrons. The van der Waals surface area contributed by atoms with E-state index < -0.39 is 23.1 Å². The first-order chi connectivity index (χ1) is 10.8. The van der Waals surface area contributed by atoms with Crippen molar-refractivity contribution < 1.29 is 18.3 Å². The number of nitrogens with one attached hydrogen (secondary N) is 2. The second-order valence-corrected chi connectivity index (χ2v) is 5.20. The van der Waals surface area contributed by atoms with Crippen molar-refractivity contribution >= 4 is 5.91 Å². The summed E-state index contributed by atoms with van der Waals surface area (Å²) in [5, 5.41) is 18.2. The summed E-state index contributed by atoms with van der Waals surface area (Å²) in [5.74, 6) is -2.55. The Kier molecular flexibility index (Phi) is 4.60. The number of aromatic amines is 1. The topological polar surface area (TPSA) is 90.8 Å². The number of carbonyl (C=O) groups excluding carboxylic acids is 1. The monoisotopic (exact) mass is 320 g/mol. The maximum atomic E-state index is 13.1. The summed E-state index contributed by atoms with van der Waals surface area (Å²) in [5.41, 5.74) is -0.530. The maximum absolute atomic E-state index is 13.1. The van der Waals surface area contributed by atoms with Gasteiger partial charge in [0, 0.05) is 11.8 Å². The van der Waals surface area contributed by atoms with Crippen LogP contribution in [0.25, 0.3) is 0 Å². The number of aromatic nitrogens is 2. The van der Waals surface area contributed by atoms with Crippen molar-refractivity contribution in [2.45, 2.75) is 19.4 Å². The highest BCUT2D eigenvalue weighted by atomic mass is 19.2. The summed E-state index contributed by atoms with van der Waals surface area (Å²) in [6.45, 7) is 2.94. The van der Waals surface area contributed by atoms with Crippen LogP contribution < -0.4 is 10.1 Å².